The Hall–Kier alpha value is -2.69. The molecule has 126 valence electrons. The van der Waals surface area contributed by atoms with Crippen molar-refractivity contribution in [2.45, 2.75) is 25.9 Å². The van der Waals surface area contributed by atoms with E-state index in [1.807, 2.05) is 62.4 Å². The lowest BCUT2D eigenvalue weighted by atomic mass is 10.1. The van der Waals surface area contributed by atoms with Gasteiger partial charge in [0.25, 0.3) is 0 Å². The van der Waals surface area contributed by atoms with Gasteiger partial charge in [-0.2, -0.15) is 0 Å². The van der Waals surface area contributed by atoms with Gasteiger partial charge in [-0.1, -0.05) is 36.4 Å². The average Bonchev–Trinajstić information content (AvgIpc) is 2.61. The van der Waals surface area contributed by atoms with Crippen molar-refractivity contribution in [1.29, 1.82) is 0 Å². The molecule has 0 bridgehead atoms. The smallest absolute Gasteiger partial charge is 0.315 e. The van der Waals surface area contributed by atoms with E-state index >= 15 is 0 Å². The van der Waals surface area contributed by atoms with Crippen LogP contribution in [0.4, 0.5) is 4.79 Å². The zero-order valence-electron chi connectivity index (χ0n) is 13.9. The van der Waals surface area contributed by atoms with Gasteiger partial charge in [-0.3, -0.25) is 0 Å². The highest BCUT2D eigenvalue weighted by Crippen LogP contribution is 2.32. The molecule has 1 aliphatic rings. The minimum Gasteiger partial charge on any atom is -0.486 e. The number of urea groups is 1. The number of fused-ring (bicyclic) bond motifs is 1. The summed E-state index contributed by atoms with van der Waals surface area (Å²) in [6.45, 7) is 5.02. The Labute approximate surface area is 142 Å². The second-order valence-electron chi connectivity index (χ2n) is 5.87. The molecule has 24 heavy (non-hydrogen) atoms. The third kappa shape index (κ3) is 3.79. The number of ether oxygens (including phenoxy) is 2. The molecule has 5 heteroatoms. The molecule has 2 N–H and O–H groups in total. The molecule has 5 nitrogen and oxygen atoms in total. The summed E-state index contributed by atoms with van der Waals surface area (Å²) in [4.78, 5) is 12.2. The van der Waals surface area contributed by atoms with Crippen LogP contribution in [0.3, 0.4) is 0 Å². The second kappa shape index (κ2) is 7.25. The third-order valence-corrected chi connectivity index (χ3v) is 4.06. The van der Waals surface area contributed by atoms with Crippen molar-refractivity contribution in [2.75, 3.05) is 13.2 Å². The quantitative estimate of drug-likeness (QED) is 0.903. The fourth-order valence-corrected chi connectivity index (χ4v) is 2.67. The van der Waals surface area contributed by atoms with E-state index in [4.69, 9.17) is 9.47 Å². The van der Waals surface area contributed by atoms with Crippen molar-refractivity contribution in [3.63, 3.8) is 0 Å². The van der Waals surface area contributed by atoms with E-state index < -0.39 is 0 Å². The molecule has 0 fully saturated rings. The van der Waals surface area contributed by atoms with Crippen LogP contribution in [0.25, 0.3) is 0 Å². The molecule has 2 amide bonds. The van der Waals surface area contributed by atoms with Gasteiger partial charge in [0, 0.05) is 0 Å². The highest BCUT2D eigenvalue weighted by atomic mass is 16.6. The number of hydrogen-bond donors (Lipinski definition) is 2. The lowest BCUT2D eigenvalue weighted by Gasteiger charge is -2.22. The van der Waals surface area contributed by atoms with E-state index in [9.17, 15) is 4.79 Å². The molecule has 2 atom stereocenters. The Bertz CT molecular complexity index is 703. The van der Waals surface area contributed by atoms with E-state index in [-0.39, 0.29) is 18.1 Å². The molecular weight excluding hydrogens is 304 g/mol. The van der Waals surface area contributed by atoms with Gasteiger partial charge in [0.15, 0.2) is 11.5 Å². The molecule has 0 saturated heterocycles. The molecule has 2 aromatic carbocycles. The van der Waals surface area contributed by atoms with Crippen molar-refractivity contribution in [2.24, 2.45) is 0 Å². The summed E-state index contributed by atoms with van der Waals surface area (Å²) in [7, 11) is 0. The highest BCUT2D eigenvalue weighted by molar-refractivity contribution is 5.75. The minimum absolute atomic E-state index is 0.0568. The number of benzene rings is 2. The van der Waals surface area contributed by atoms with Gasteiger partial charge >= 0.3 is 6.03 Å². The highest BCUT2D eigenvalue weighted by Gasteiger charge is 2.16. The van der Waals surface area contributed by atoms with E-state index in [2.05, 4.69) is 10.6 Å². The van der Waals surface area contributed by atoms with Crippen LogP contribution in [0.1, 0.15) is 37.1 Å². The van der Waals surface area contributed by atoms with Gasteiger partial charge in [0.05, 0.1) is 12.1 Å². The molecule has 0 aliphatic carbocycles. The van der Waals surface area contributed by atoms with Crippen molar-refractivity contribution >= 4 is 6.03 Å². The van der Waals surface area contributed by atoms with Crippen LogP contribution in [-0.2, 0) is 0 Å². The van der Waals surface area contributed by atoms with Gasteiger partial charge in [-0.05, 0) is 37.1 Å². The molecule has 0 radical (unpaired) electrons. The average molecular weight is 326 g/mol. The van der Waals surface area contributed by atoms with E-state index in [1.54, 1.807) is 0 Å². The first-order valence-corrected chi connectivity index (χ1v) is 8.15. The summed E-state index contributed by atoms with van der Waals surface area (Å²) in [6.07, 6.45) is 0. The monoisotopic (exact) mass is 326 g/mol. The van der Waals surface area contributed by atoms with Crippen molar-refractivity contribution in [1.82, 2.24) is 10.6 Å². The maximum atomic E-state index is 12.2. The van der Waals surface area contributed by atoms with Gasteiger partial charge in [0.2, 0.25) is 0 Å². The van der Waals surface area contributed by atoms with Gasteiger partial charge < -0.3 is 20.1 Å². The standard InChI is InChI=1S/C19H22N2O3/c1-13(15-6-4-3-5-7-15)20-19(22)21-14(2)16-8-9-17-18(12-16)24-11-10-23-17/h3-9,12-14H,10-11H2,1-2H3,(H2,20,21,22). The fraction of sp³-hybridized carbons (Fsp3) is 0.316. The van der Waals surface area contributed by atoms with Gasteiger partial charge in [0.1, 0.15) is 13.2 Å². The summed E-state index contributed by atoms with van der Waals surface area (Å²) in [6, 6.07) is 15.2. The van der Waals surface area contributed by atoms with Crippen LogP contribution >= 0.6 is 0 Å². The SMILES string of the molecule is CC(NC(=O)NC(C)c1ccc2c(c1)OCCO2)c1ccccc1. The largest absolute Gasteiger partial charge is 0.486 e. The summed E-state index contributed by atoms with van der Waals surface area (Å²) in [5, 5.41) is 5.91. The molecular formula is C19H22N2O3. The third-order valence-electron chi connectivity index (χ3n) is 4.06. The first-order valence-electron chi connectivity index (χ1n) is 8.15. The van der Waals surface area contributed by atoms with Crippen LogP contribution in [0, 0.1) is 0 Å². The summed E-state index contributed by atoms with van der Waals surface area (Å²) in [5.74, 6) is 1.48. The topological polar surface area (TPSA) is 59.6 Å². The van der Waals surface area contributed by atoms with E-state index in [0.29, 0.717) is 13.2 Å². The van der Waals surface area contributed by atoms with Crippen molar-refractivity contribution < 1.29 is 14.3 Å². The first kappa shape index (κ1) is 16.2. The molecule has 3 rings (SSSR count). The Morgan fingerprint density at radius 3 is 2.21 bits per heavy atom. The minimum atomic E-state index is -0.200. The Morgan fingerprint density at radius 2 is 1.50 bits per heavy atom. The van der Waals surface area contributed by atoms with Crippen LogP contribution in [0.2, 0.25) is 0 Å². The number of rotatable bonds is 4. The Kier molecular flexibility index (Phi) is 4.89. The summed E-state index contributed by atoms with van der Waals surface area (Å²) < 4.78 is 11.1. The fourth-order valence-electron chi connectivity index (χ4n) is 2.67. The number of carbonyl (C=O) groups is 1. The predicted molar refractivity (Wildman–Crippen MR) is 92.4 cm³/mol. The normalized spacial score (nSPS) is 15.2. The summed E-state index contributed by atoms with van der Waals surface area (Å²) in [5.41, 5.74) is 2.04. The number of carbonyl (C=O) groups excluding carboxylic acids is 1. The lowest BCUT2D eigenvalue weighted by Crippen LogP contribution is -2.38. The van der Waals surface area contributed by atoms with E-state index in [0.717, 1.165) is 22.6 Å². The molecule has 0 saturated carbocycles. The zero-order valence-corrected chi connectivity index (χ0v) is 13.9. The van der Waals surface area contributed by atoms with Crippen LogP contribution in [0.5, 0.6) is 11.5 Å². The van der Waals surface area contributed by atoms with Crippen molar-refractivity contribution in [3.8, 4) is 11.5 Å². The lowest BCUT2D eigenvalue weighted by molar-refractivity contribution is 0.171. The van der Waals surface area contributed by atoms with E-state index in [1.165, 1.54) is 0 Å². The Morgan fingerprint density at radius 1 is 0.875 bits per heavy atom. The van der Waals surface area contributed by atoms with Crippen LogP contribution in [-0.4, -0.2) is 19.2 Å². The number of hydrogen-bond acceptors (Lipinski definition) is 3. The van der Waals surface area contributed by atoms with Crippen molar-refractivity contribution in [3.05, 3.63) is 59.7 Å². The van der Waals surface area contributed by atoms with Gasteiger partial charge in [-0.15, -0.1) is 0 Å². The molecule has 1 aliphatic heterocycles. The molecule has 0 aromatic heterocycles. The summed E-state index contributed by atoms with van der Waals surface area (Å²) >= 11 is 0. The van der Waals surface area contributed by atoms with Crippen LogP contribution < -0.4 is 20.1 Å². The van der Waals surface area contributed by atoms with Gasteiger partial charge in [-0.25, -0.2) is 4.79 Å². The molecule has 2 aromatic rings. The molecule has 2 unspecified atom stereocenters. The maximum Gasteiger partial charge on any atom is 0.315 e. The predicted octanol–water partition coefficient (Wildman–Crippen LogP) is 3.58. The second-order valence-corrected chi connectivity index (χ2v) is 5.87. The number of nitrogens with one attached hydrogen (secondary N) is 2. The van der Waals surface area contributed by atoms with Crippen LogP contribution in [0.15, 0.2) is 48.5 Å². The number of amides is 2. The maximum absolute atomic E-state index is 12.2. The zero-order chi connectivity index (χ0) is 16.9. The molecule has 0 spiro atoms. The Balaban J connectivity index is 1.60. The first-order chi connectivity index (χ1) is 11.6. The molecule has 1 heterocycles.